The van der Waals surface area contributed by atoms with Crippen molar-refractivity contribution in [2.75, 3.05) is 7.11 Å². The molecule has 0 saturated carbocycles. The predicted molar refractivity (Wildman–Crippen MR) is 87.7 cm³/mol. The Labute approximate surface area is 136 Å². The molecule has 3 rings (SSSR count). The van der Waals surface area contributed by atoms with Crippen LogP contribution >= 0.6 is 15.9 Å². The number of cyclic esters (lactones) is 1. The predicted octanol–water partition coefficient (Wildman–Crippen LogP) is 3.80. The van der Waals surface area contributed by atoms with E-state index in [-0.39, 0.29) is 5.70 Å². The zero-order chi connectivity index (χ0) is 15.5. The molecule has 22 heavy (non-hydrogen) atoms. The van der Waals surface area contributed by atoms with Crippen LogP contribution < -0.4 is 4.74 Å². The summed E-state index contributed by atoms with van der Waals surface area (Å²) in [7, 11) is 1.58. The van der Waals surface area contributed by atoms with Gasteiger partial charge in [0.15, 0.2) is 5.70 Å². The summed E-state index contributed by atoms with van der Waals surface area (Å²) in [5.74, 6) is 0.502. The summed E-state index contributed by atoms with van der Waals surface area (Å²) in [5, 5.41) is 0. The molecule has 0 aromatic heterocycles. The van der Waals surface area contributed by atoms with E-state index in [2.05, 4.69) is 20.9 Å². The summed E-state index contributed by atoms with van der Waals surface area (Å²) in [6, 6.07) is 14.8. The first-order chi connectivity index (χ1) is 10.7. The molecule has 2 aromatic rings. The van der Waals surface area contributed by atoms with E-state index in [1.807, 2.05) is 48.5 Å². The molecule has 1 aliphatic heterocycles. The van der Waals surface area contributed by atoms with Crippen LogP contribution in [0.3, 0.4) is 0 Å². The molecule has 0 saturated heterocycles. The lowest BCUT2D eigenvalue weighted by atomic mass is 10.1. The van der Waals surface area contributed by atoms with Gasteiger partial charge in [0.25, 0.3) is 0 Å². The topological polar surface area (TPSA) is 47.9 Å². The van der Waals surface area contributed by atoms with Crippen molar-refractivity contribution in [2.24, 2.45) is 4.99 Å². The Balaban J connectivity index is 1.98. The highest BCUT2D eigenvalue weighted by molar-refractivity contribution is 9.10. The van der Waals surface area contributed by atoms with E-state index in [1.165, 1.54) is 0 Å². The lowest BCUT2D eigenvalue weighted by Gasteiger charge is -2.03. The van der Waals surface area contributed by atoms with Crippen molar-refractivity contribution in [3.8, 4) is 5.75 Å². The minimum absolute atomic E-state index is 0.250. The Morgan fingerprint density at radius 2 is 2.00 bits per heavy atom. The Bertz CT molecular complexity index is 796. The van der Waals surface area contributed by atoms with Gasteiger partial charge in [0, 0.05) is 15.6 Å². The van der Waals surface area contributed by atoms with Gasteiger partial charge in [0.1, 0.15) is 5.75 Å². The highest BCUT2D eigenvalue weighted by Crippen LogP contribution is 2.25. The number of hydrogen-bond donors (Lipinski definition) is 0. The minimum atomic E-state index is -0.471. The van der Waals surface area contributed by atoms with Gasteiger partial charge in [0.05, 0.1) is 7.11 Å². The summed E-state index contributed by atoms with van der Waals surface area (Å²) in [6.07, 6.45) is 1.66. The van der Waals surface area contributed by atoms with Crippen LogP contribution in [0.2, 0.25) is 0 Å². The molecule has 0 radical (unpaired) electrons. The average Bonchev–Trinajstić information content (AvgIpc) is 2.89. The van der Waals surface area contributed by atoms with Crippen molar-refractivity contribution >= 4 is 33.9 Å². The Kier molecular flexibility index (Phi) is 4.06. The number of esters is 1. The molecule has 0 bridgehead atoms. The molecule has 0 fully saturated rings. The molecule has 1 aliphatic rings. The normalized spacial score (nSPS) is 15.6. The first kappa shape index (κ1) is 14.5. The van der Waals surface area contributed by atoms with E-state index in [4.69, 9.17) is 9.47 Å². The lowest BCUT2D eigenvalue weighted by Crippen LogP contribution is -2.05. The van der Waals surface area contributed by atoms with Gasteiger partial charge in [-0.2, -0.15) is 0 Å². The Morgan fingerprint density at radius 3 is 2.77 bits per heavy atom. The maximum absolute atomic E-state index is 12.0. The largest absolute Gasteiger partial charge is 0.496 e. The fraction of sp³-hybridized carbons (Fsp3) is 0.0588. The molecule has 4 nitrogen and oxygen atoms in total. The molecular weight excluding hydrogens is 346 g/mol. The van der Waals surface area contributed by atoms with E-state index in [9.17, 15) is 4.79 Å². The third kappa shape index (κ3) is 2.94. The third-order valence-corrected chi connectivity index (χ3v) is 3.62. The van der Waals surface area contributed by atoms with Gasteiger partial charge >= 0.3 is 5.97 Å². The maximum atomic E-state index is 12.0. The number of para-hydroxylation sites is 1. The highest BCUT2D eigenvalue weighted by Gasteiger charge is 2.24. The van der Waals surface area contributed by atoms with Gasteiger partial charge in [-0.3, -0.25) is 0 Å². The number of carbonyl (C=O) groups is 1. The summed E-state index contributed by atoms with van der Waals surface area (Å²) >= 11 is 3.39. The molecule has 0 N–H and O–H groups in total. The van der Waals surface area contributed by atoms with Crippen molar-refractivity contribution < 1.29 is 14.3 Å². The SMILES string of the molecule is COc1ccccc1C=C1N=C(c2cccc(Br)c2)OC1=O. The van der Waals surface area contributed by atoms with Gasteiger partial charge in [-0.1, -0.05) is 40.2 Å². The monoisotopic (exact) mass is 357 g/mol. The number of methoxy groups -OCH3 is 1. The first-order valence-electron chi connectivity index (χ1n) is 6.59. The van der Waals surface area contributed by atoms with E-state index in [1.54, 1.807) is 13.2 Å². The molecule has 1 heterocycles. The zero-order valence-corrected chi connectivity index (χ0v) is 13.3. The summed E-state index contributed by atoms with van der Waals surface area (Å²) < 4.78 is 11.4. The number of ether oxygens (including phenoxy) is 2. The van der Waals surface area contributed by atoms with E-state index < -0.39 is 5.97 Å². The molecule has 0 unspecified atom stereocenters. The molecule has 0 amide bonds. The first-order valence-corrected chi connectivity index (χ1v) is 7.38. The van der Waals surface area contributed by atoms with Crippen LogP contribution in [-0.2, 0) is 9.53 Å². The van der Waals surface area contributed by atoms with Crippen molar-refractivity contribution in [1.29, 1.82) is 0 Å². The minimum Gasteiger partial charge on any atom is -0.496 e. The Morgan fingerprint density at radius 1 is 1.18 bits per heavy atom. The molecule has 110 valence electrons. The fourth-order valence-electron chi connectivity index (χ4n) is 2.09. The van der Waals surface area contributed by atoms with Crippen LogP contribution in [0, 0.1) is 0 Å². The van der Waals surface area contributed by atoms with Gasteiger partial charge in [-0.15, -0.1) is 0 Å². The Hall–Kier alpha value is -2.40. The van der Waals surface area contributed by atoms with Crippen LogP contribution in [0.4, 0.5) is 0 Å². The summed E-state index contributed by atoms with van der Waals surface area (Å²) in [6.45, 7) is 0. The molecule has 0 spiro atoms. The number of carbonyl (C=O) groups excluding carboxylic acids is 1. The van der Waals surface area contributed by atoms with E-state index >= 15 is 0 Å². The zero-order valence-electron chi connectivity index (χ0n) is 11.7. The van der Waals surface area contributed by atoms with E-state index in [0.29, 0.717) is 11.6 Å². The van der Waals surface area contributed by atoms with Crippen LogP contribution in [0.1, 0.15) is 11.1 Å². The highest BCUT2D eigenvalue weighted by atomic mass is 79.9. The van der Waals surface area contributed by atoms with Gasteiger partial charge in [-0.25, -0.2) is 9.79 Å². The summed E-state index contributed by atoms with van der Waals surface area (Å²) in [4.78, 5) is 16.3. The molecule has 5 heteroatoms. The smallest absolute Gasteiger partial charge is 0.363 e. The quantitative estimate of drug-likeness (QED) is 0.619. The van der Waals surface area contributed by atoms with Gasteiger partial charge < -0.3 is 9.47 Å². The van der Waals surface area contributed by atoms with Crippen molar-refractivity contribution in [1.82, 2.24) is 0 Å². The molecule has 0 aliphatic carbocycles. The standard InChI is InChI=1S/C17H12BrNO3/c1-21-15-8-3-2-5-11(15)10-14-17(20)22-16(19-14)12-6-4-7-13(18)9-12/h2-10H,1H3. The molecule has 0 atom stereocenters. The molecule has 2 aromatic carbocycles. The number of rotatable bonds is 3. The second-order valence-corrected chi connectivity index (χ2v) is 5.50. The number of halogens is 1. The fourth-order valence-corrected chi connectivity index (χ4v) is 2.49. The van der Waals surface area contributed by atoms with Crippen LogP contribution in [0.5, 0.6) is 5.75 Å². The second-order valence-electron chi connectivity index (χ2n) is 4.59. The molecular formula is C17H12BrNO3. The van der Waals surface area contributed by atoms with Gasteiger partial charge in [0.2, 0.25) is 5.90 Å². The third-order valence-electron chi connectivity index (χ3n) is 3.12. The van der Waals surface area contributed by atoms with Crippen LogP contribution in [0.15, 0.2) is 63.7 Å². The van der Waals surface area contributed by atoms with Crippen LogP contribution in [-0.4, -0.2) is 19.0 Å². The number of aliphatic imine (C=N–C) groups is 1. The number of benzene rings is 2. The maximum Gasteiger partial charge on any atom is 0.363 e. The number of nitrogens with zero attached hydrogens (tertiary/aromatic N) is 1. The lowest BCUT2D eigenvalue weighted by molar-refractivity contribution is -0.129. The summed E-state index contributed by atoms with van der Waals surface area (Å²) in [5.41, 5.74) is 1.77. The van der Waals surface area contributed by atoms with Crippen molar-refractivity contribution in [3.63, 3.8) is 0 Å². The van der Waals surface area contributed by atoms with Crippen molar-refractivity contribution in [3.05, 3.63) is 69.8 Å². The number of hydrogen-bond acceptors (Lipinski definition) is 4. The second kappa shape index (κ2) is 6.15. The van der Waals surface area contributed by atoms with Crippen molar-refractivity contribution in [2.45, 2.75) is 0 Å². The average molecular weight is 358 g/mol. The van der Waals surface area contributed by atoms with Gasteiger partial charge in [-0.05, 0) is 30.3 Å². The van der Waals surface area contributed by atoms with Crippen LogP contribution in [0.25, 0.3) is 6.08 Å². The van der Waals surface area contributed by atoms with E-state index in [0.717, 1.165) is 15.6 Å².